The van der Waals surface area contributed by atoms with Gasteiger partial charge in [-0.2, -0.15) is 0 Å². The summed E-state index contributed by atoms with van der Waals surface area (Å²) in [6, 6.07) is 0. The Morgan fingerprint density at radius 3 is 2.73 bits per heavy atom. The third-order valence-corrected chi connectivity index (χ3v) is 2.40. The van der Waals surface area contributed by atoms with Gasteiger partial charge in [-0.1, -0.05) is 6.08 Å². The Kier molecular flexibility index (Phi) is 2.92. The fourth-order valence-electron chi connectivity index (χ4n) is 1.05. The Bertz CT molecular complexity index is 241. The van der Waals surface area contributed by atoms with E-state index in [1.54, 1.807) is 6.08 Å². The lowest BCUT2D eigenvalue weighted by molar-refractivity contribution is 0.616. The predicted octanol–water partition coefficient (Wildman–Crippen LogP) is 0.678. The molecule has 0 aliphatic carbocycles. The van der Waals surface area contributed by atoms with Gasteiger partial charge in [0.05, 0.1) is 0 Å². The van der Waals surface area contributed by atoms with Gasteiger partial charge in [-0.05, 0) is 18.9 Å². The van der Waals surface area contributed by atoms with E-state index in [0.717, 1.165) is 24.9 Å². The van der Waals surface area contributed by atoms with Gasteiger partial charge in [0.25, 0.3) is 9.05 Å². The summed E-state index contributed by atoms with van der Waals surface area (Å²) in [6.45, 7) is 1.81. The second kappa shape index (κ2) is 3.56. The van der Waals surface area contributed by atoms with E-state index in [2.05, 4.69) is 5.32 Å². The van der Waals surface area contributed by atoms with Crippen LogP contribution in [0.3, 0.4) is 0 Å². The van der Waals surface area contributed by atoms with E-state index in [9.17, 15) is 8.42 Å². The molecule has 1 unspecified atom stereocenters. The molecule has 0 aromatic rings. The summed E-state index contributed by atoms with van der Waals surface area (Å²) >= 11 is 0. The van der Waals surface area contributed by atoms with Gasteiger partial charge in [0, 0.05) is 22.6 Å². The molecule has 1 saturated heterocycles. The number of rotatable bonds is 2. The highest BCUT2D eigenvalue weighted by molar-refractivity contribution is 8.16. The minimum Gasteiger partial charge on any atom is -0.316 e. The van der Waals surface area contributed by atoms with Crippen molar-refractivity contribution < 1.29 is 8.42 Å². The predicted molar refractivity (Wildman–Crippen MR) is 44.9 cm³/mol. The van der Waals surface area contributed by atoms with E-state index in [1.807, 2.05) is 0 Å². The zero-order chi connectivity index (χ0) is 8.32. The third-order valence-electron chi connectivity index (χ3n) is 1.61. The van der Waals surface area contributed by atoms with E-state index in [-0.39, 0.29) is 0 Å². The van der Waals surface area contributed by atoms with Crippen LogP contribution in [0.4, 0.5) is 0 Å². The van der Waals surface area contributed by atoms with Crippen LogP contribution in [0.2, 0.25) is 0 Å². The monoisotopic (exact) mass is 195 g/mol. The number of hydrogen-bond acceptors (Lipinski definition) is 3. The molecule has 1 heterocycles. The Morgan fingerprint density at radius 1 is 1.55 bits per heavy atom. The van der Waals surface area contributed by atoms with Crippen LogP contribution in [0, 0.1) is 5.92 Å². The standard InChI is InChI=1S/C6H10ClNO2S/c7-11(9,10)4-2-6-1-3-8-5-6/h2,4,6,8H,1,3,5H2/b4-2-. The van der Waals surface area contributed by atoms with Gasteiger partial charge in [-0.3, -0.25) is 0 Å². The summed E-state index contributed by atoms with van der Waals surface area (Å²) in [5.74, 6) is 0.323. The lowest BCUT2D eigenvalue weighted by atomic mass is 10.1. The Labute approximate surface area is 70.9 Å². The van der Waals surface area contributed by atoms with Gasteiger partial charge in [0.2, 0.25) is 0 Å². The first-order valence-electron chi connectivity index (χ1n) is 3.41. The molecule has 0 amide bonds. The van der Waals surface area contributed by atoms with Crippen LogP contribution >= 0.6 is 10.7 Å². The first-order chi connectivity index (χ1) is 5.08. The lowest BCUT2D eigenvalue weighted by Crippen LogP contribution is -2.07. The fraction of sp³-hybridized carbons (Fsp3) is 0.667. The topological polar surface area (TPSA) is 46.2 Å². The number of halogens is 1. The van der Waals surface area contributed by atoms with E-state index >= 15 is 0 Å². The molecular weight excluding hydrogens is 186 g/mol. The summed E-state index contributed by atoms with van der Waals surface area (Å²) in [5.41, 5.74) is 0. The fourth-order valence-corrected chi connectivity index (χ4v) is 1.63. The zero-order valence-corrected chi connectivity index (χ0v) is 7.53. The van der Waals surface area contributed by atoms with Crippen molar-refractivity contribution in [2.24, 2.45) is 5.92 Å². The van der Waals surface area contributed by atoms with Crippen molar-refractivity contribution in [1.82, 2.24) is 5.32 Å². The number of hydrogen-bond donors (Lipinski definition) is 1. The van der Waals surface area contributed by atoms with Crippen LogP contribution in [0.15, 0.2) is 11.5 Å². The first-order valence-corrected chi connectivity index (χ1v) is 5.79. The van der Waals surface area contributed by atoms with Gasteiger partial charge in [0.1, 0.15) is 0 Å². The highest BCUT2D eigenvalue weighted by Crippen LogP contribution is 2.10. The highest BCUT2D eigenvalue weighted by Gasteiger charge is 2.11. The van der Waals surface area contributed by atoms with Gasteiger partial charge in [-0.15, -0.1) is 0 Å². The molecule has 1 atom stereocenters. The molecule has 1 aliphatic rings. The zero-order valence-electron chi connectivity index (χ0n) is 5.96. The number of nitrogens with one attached hydrogen (secondary N) is 1. The minimum absolute atomic E-state index is 0.323. The Hall–Kier alpha value is -0.0600. The molecule has 0 radical (unpaired) electrons. The van der Waals surface area contributed by atoms with Gasteiger partial charge in [-0.25, -0.2) is 8.42 Å². The van der Waals surface area contributed by atoms with Crippen molar-refractivity contribution in [1.29, 1.82) is 0 Å². The molecule has 0 bridgehead atoms. The van der Waals surface area contributed by atoms with Gasteiger partial charge < -0.3 is 5.32 Å². The Morgan fingerprint density at radius 2 is 2.27 bits per heavy atom. The molecule has 1 fully saturated rings. The second-order valence-electron chi connectivity index (χ2n) is 2.56. The molecule has 11 heavy (non-hydrogen) atoms. The van der Waals surface area contributed by atoms with Crippen LogP contribution in [0.25, 0.3) is 0 Å². The van der Waals surface area contributed by atoms with Gasteiger partial charge >= 0.3 is 0 Å². The quantitative estimate of drug-likeness (QED) is 0.660. The molecule has 64 valence electrons. The molecule has 3 nitrogen and oxygen atoms in total. The maximum atomic E-state index is 10.4. The molecule has 0 spiro atoms. The third kappa shape index (κ3) is 3.74. The van der Waals surface area contributed by atoms with E-state index < -0.39 is 9.05 Å². The summed E-state index contributed by atoms with van der Waals surface area (Å²) in [4.78, 5) is 0. The molecule has 1 N–H and O–H groups in total. The van der Waals surface area contributed by atoms with Crippen LogP contribution in [-0.4, -0.2) is 21.5 Å². The summed E-state index contributed by atoms with van der Waals surface area (Å²) < 4.78 is 20.9. The van der Waals surface area contributed by atoms with Crippen LogP contribution < -0.4 is 5.32 Å². The Balaban J connectivity index is 2.47. The van der Waals surface area contributed by atoms with Crippen molar-refractivity contribution in [3.05, 3.63) is 11.5 Å². The first kappa shape index (κ1) is 9.03. The molecule has 5 heteroatoms. The molecule has 1 aliphatic heterocycles. The molecule has 1 rings (SSSR count). The van der Waals surface area contributed by atoms with Crippen molar-refractivity contribution in [2.75, 3.05) is 13.1 Å². The van der Waals surface area contributed by atoms with Crippen molar-refractivity contribution >= 4 is 19.7 Å². The SMILES string of the molecule is O=S(=O)(Cl)/C=C\C1CCNC1. The molecular formula is C6H10ClNO2S. The summed E-state index contributed by atoms with van der Waals surface area (Å²) in [6.07, 6.45) is 2.63. The molecule has 0 aromatic heterocycles. The molecule has 0 aromatic carbocycles. The van der Waals surface area contributed by atoms with Crippen molar-refractivity contribution in [2.45, 2.75) is 6.42 Å². The minimum atomic E-state index is -3.45. The van der Waals surface area contributed by atoms with E-state index in [0.29, 0.717) is 5.92 Å². The lowest BCUT2D eigenvalue weighted by Gasteiger charge is -1.96. The van der Waals surface area contributed by atoms with Crippen molar-refractivity contribution in [3.63, 3.8) is 0 Å². The van der Waals surface area contributed by atoms with Crippen LogP contribution in [0.1, 0.15) is 6.42 Å². The highest BCUT2D eigenvalue weighted by atomic mass is 35.7. The largest absolute Gasteiger partial charge is 0.316 e. The summed E-state index contributed by atoms with van der Waals surface area (Å²) in [7, 11) is 1.53. The average molecular weight is 196 g/mol. The summed E-state index contributed by atoms with van der Waals surface area (Å²) in [5, 5.41) is 4.18. The van der Waals surface area contributed by atoms with Crippen molar-refractivity contribution in [3.8, 4) is 0 Å². The van der Waals surface area contributed by atoms with Crippen LogP contribution in [-0.2, 0) is 9.05 Å². The van der Waals surface area contributed by atoms with E-state index in [4.69, 9.17) is 10.7 Å². The normalized spacial score (nSPS) is 26.5. The smallest absolute Gasteiger partial charge is 0.254 e. The maximum absolute atomic E-state index is 10.4. The van der Waals surface area contributed by atoms with E-state index in [1.165, 1.54) is 0 Å². The maximum Gasteiger partial charge on any atom is 0.254 e. The molecule has 0 saturated carbocycles. The van der Waals surface area contributed by atoms with Crippen LogP contribution in [0.5, 0.6) is 0 Å². The van der Waals surface area contributed by atoms with Gasteiger partial charge in [0.15, 0.2) is 0 Å². The average Bonchev–Trinajstić information content (AvgIpc) is 2.32. The second-order valence-corrected chi connectivity index (χ2v) is 5.07.